The number of aromatic nitrogens is 2. The second kappa shape index (κ2) is 15.6. The van der Waals surface area contributed by atoms with Gasteiger partial charge in [-0.25, -0.2) is 0 Å². The average molecular weight is 859 g/mol. The lowest BCUT2D eigenvalue weighted by molar-refractivity contribution is -0.137. The normalized spacial score (nSPS) is 11.7. The number of hydrogen-bond donors (Lipinski definition) is 0. The van der Waals surface area contributed by atoms with Crippen molar-refractivity contribution in [2.75, 3.05) is 0 Å². The molecule has 0 aliphatic rings. The van der Waals surface area contributed by atoms with Crippen LogP contribution in [0, 0.1) is 36.5 Å². The van der Waals surface area contributed by atoms with Crippen LogP contribution in [-0.2, 0) is 6.18 Å². The van der Waals surface area contributed by atoms with Crippen LogP contribution < -0.4 is 0 Å². The van der Waals surface area contributed by atoms with Gasteiger partial charge in [-0.3, -0.25) is 0 Å². The van der Waals surface area contributed by atoms with Crippen LogP contribution in [0.25, 0.3) is 99.5 Å². The van der Waals surface area contributed by atoms with E-state index in [1.54, 1.807) is 6.07 Å². The van der Waals surface area contributed by atoms with Gasteiger partial charge in [0.25, 0.3) is 0 Å². The number of aryl methyl sites for hydroxylation is 2. The Hall–Kier alpha value is -8.65. The van der Waals surface area contributed by atoms with Gasteiger partial charge in [0.1, 0.15) is 0 Å². The van der Waals surface area contributed by atoms with Crippen molar-refractivity contribution in [3.05, 3.63) is 216 Å². The number of nitriles is 2. The monoisotopic (exact) mass is 858 g/mol. The molecule has 66 heavy (non-hydrogen) atoms. The Bertz CT molecular complexity index is 3840. The molecular weight excluding hydrogens is 822 g/mol. The molecule has 2 aromatic heterocycles. The maximum Gasteiger partial charge on any atom is 0.416 e. The summed E-state index contributed by atoms with van der Waals surface area (Å²) in [6, 6.07) is 65.3. The fourth-order valence-corrected chi connectivity index (χ4v) is 9.66. The number of benzene rings is 9. The Morgan fingerprint density at radius 3 is 1.38 bits per heavy atom. The zero-order valence-corrected chi connectivity index (χ0v) is 35.8. The van der Waals surface area contributed by atoms with E-state index >= 15 is 0 Å². The van der Waals surface area contributed by atoms with Gasteiger partial charge in [0.2, 0.25) is 0 Å². The van der Waals surface area contributed by atoms with Crippen molar-refractivity contribution in [1.82, 2.24) is 9.13 Å². The molecule has 0 radical (unpaired) electrons. The minimum absolute atomic E-state index is 0.135. The molecular formula is C59H37F3N4. The molecule has 0 aliphatic heterocycles. The highest BCUT2D eigenvalue weighted by Gasteiger charge is 2.32. The van der Waals surface area contributed by atoms with Gasteiger partial charge >= 0.3 is 6.18 Å². The zero-order chi connectivity index (χ0) is 45.3. The van der Waals surface area contributed by atoms with Crippen LogP contribution in [0.2, 0.25) is 0 Å². The van der Waals surface area contributed by atoms with Gasteiger partial charge in [0.05, 0.1) is 62.3 Å². The van der Waals surface area contributed by atoms with Crippen molar-refractivity contribution in [1.29, 1.82) is 10.5 Å². The first-order chi connectivity index (χ1) is 32.1. The maximum atomic E-state index is 14.2. The molecule has 0 saturated heterocycles. The van der Waals surface area contributed by atoms with Crippen LogP contribution in [-0.4, -0.2) is 9.13 Å². The van der Waals surface area contributed by atoms with Gasteiger partial charge in [0, 0.05) is 38.2 Å². The number of fused-ring (bicyclic) bond motifs is 6. The Morgan fingerprint density at radius 2 is 0.864 bits per heavy atom. The molecule has 4 nitrogen and oxygen atoms in total. The van der Waals surface area contributed by atoms with E-state index in [4.69, 9.17) is 0 Å². The fraction of sp³-hybridized carbons (Fsp3) is 0.0508. The number of alkyl halides is 3. The van der Waals surface area contributed by atoms with E-state index in [0.717, 1.165) is 78.0 Å². The van der Waals surface area contributed by atoms with Gasteiger partial charge < -0.3 is 9.13 Å². The third kappa shape index (κ3) is 6.52. The van der Waals surface area contributed by atoms with Crippen molar-refractivity contribution >= 4 is 43.6 Å². The van der Waals surface area contributed by atoms with Gasteiger partial charge in [0.15, 0.2) is 0 Å². The Labute approximate surface area is 378 Å². The molecule has 7 heteroatoms. The minimum Gasteiger partial charge on any atom is -0.309 e. The Balaban J connectivity index is 1.26. The predicted molar refractivity (Wildman–Crippen MR) is 261 cm³/mol. The van der Waals surface area contributed by atoms with E-state index in [0.29, 0.717) is 39.2 Å². The molecule has 0 spiro atoms. The van der Waals surface area contributed by atoms with Crippen LogP contribution in [0.15, 0.2) is 188 Å². The van der Waals surface area contributed by atoms with Crippen molar-refractivity contribution < 1.29 is 13.2 Å². The fourth-order valence-electron chi connectivity index (χ4n) is 9.66. The summed E-state index contributed by atoms with van der Waals surface area (Å²) in [6.07, 6.45) is -4.66. The molecule has 11 aromatic rings. The van der Waals surface area contributed by atoms with Gasteiger partial charge in [-0.1, -0.05) is 132 Å². The van der Waals surface area contributed by atoms with Crippen LogP contribution in [0.3, 0.4) is 0 Å². The lowest BCUT2D eigenvalue weighted by atomic mass is 9.87. The number of halogens is 3. The van der Waals surface area contributed by atoms with Crippen molar-refractivity contribution in [2.45, 2.75) is 20.0 Å². The minimum atomic E-state index is -4.66. The molecule has 0 atom stereocenters. The van der Waals surface area contributed by atoms with E-state index in [1.807, 2.05) is 54.6 Å². The lowest BCUT2D eigenvalue weighted by Crippen LogP contribution is -2.07. The van der Waals surface area contributed by atoms with Gasteiger partial charge in [-0.05, 0) is 108 Å². The quantitative estimate of drug-likeness (QED) is 0.167. The number of para-hydroxylation sites is 2. The Morgan fingerprint density at radius 1 is 0.394 bits per heavy atom. The molecule has 0 amide bonds. The molecule has 0 N–H and O–H groups in total. The summed E-state index contributed by atoms with van der Waals surface area (Å²) in [4.78, 5) is 0. The summed E-state index contributed by atoms with van der Waals surface area (Å²) in [5, 5.41) is 25.8. The molecule has 0 aliphatic carbocycles. The van der Waals surface area contributed by atoms with Gasteiger partial charge in [-0.15, -0.1) is 0 Å². The summed E-state index contributed by atoms with van der Waals surface area (Å²) in [6.45, 7) is 4.13. The Kier molecular flexibility index (Phi) is 9.46. The highest BCUT2D eigenvalue weighted by atomic mass is 19.4. The third-order valence-corrected chi connectivity index (χ3v) is 12.8. The summed E-state index contributed by atoms with van der Waals surface area (Å²) < 4.78 is 47.1. The van der Waals surface area contributed by atoms with E-state index in [-0.39, 0.29) is 5.56 Å². The summed E-state index contributed by atoms with van der Waals surface area (Å²) in [7, 11) is 0. The number of rotatable bonds is 6. The molecule has 0 fully saturated rings. The van der Waals surface area contributed by atoms with Crippen LogP contribution >= 0.6 is 0 Å². The largest absolute Gasteiger partial charge is 0.416 e. The highest BCUT2D eigenvalue weighted by Crippen LogP contribution is 2.47. The summed E-state index contributed by atoms with van der Waals surface area (Å²) >= 11 is 0. The molecule has 314 valence electrons. The standard InChI is InChI=1S/C59H37F3N4/c1-36-17-21-38(22-18-36)40-25-29-53-49(32-40)46-10-3-5-13-51(46)65(53)55-15-7-9-42(34-63)57(55)58-48(45-28-27-44(59(60,61)62)31-43(45)35-64)12-8-16-56(58)66-52-14-6-4-11-47(52)50-33-41(26-30-54(50)66)39-23-19-37(2)20-24-39/h3-33H,1-2H3. The second-order valence-corrected chi connectivity index (χ2v) is 16.8. The van der Waals surface area contributed by atoms with Crippen LogP contribution in [0.1, 0.15) is 27.8 Å². The first-order valence-electron chi connectivity index (χ1n) is 21.6. The highest BCUT2D eigenvalue weighted by molar-refractivity contribution is 6.13. The molecule has 2 heterocycles. The smallest absolute Gasteiger partial charge is 0.309 e. The van der Waals surface area contributed by atoms with Crippen molar-refractivity contribution in [2.24, 2.45) is 0 Å². The summed E-state index contributed by atoms with van der Waals surface area (Å²) in [5.41, 5.74) is 12.9. The van der Waals surface area contributed by atoms with Crippen molar-refractivity contribution in [3.8, 4) is 68.0 Å². The van der Waals surface area contributed by atoms with E-state index < -0.39 is 11.7 Å². The average Bonchev–Trinajstić information content (AvgIpc) is 3.85. The van der Waals surface area contributed by atoms with Crippen LogP contribution in [0.5, 0.6) is 0 Å². The molecule has 9 aromatic carbocycles. The summed E-state index contributed by atoms with van der Waals surface area (Å²) in [5.74, 6) is 0. The first kappa shape index (κ1) is 40.1. The van der Waals surface area contributed by atoms with Gasteiger partial charge in [-0.2, -0.15) is 23.7 Å². The molecule has 0 bridgehead atoms. The topological polar surface area (TPSA) is 57.4 Å². The van der Waals surface area contributed by atoms with E-state index in [1.165, 1.54) is 17.2 Å². The number of nitrogens with zero attached hydrogens (tertiary/aromatic N) is 4. The second-order valence-electron chi connectivity index (χ2n) is 16.8. The molecule has 0 unspecified atom stereocenters. The molecule has 11 rings (SSSR count). The number of hydrogen-bond acceptors (Lipinski definition) is 2. The van der Waals surface area contributed by atoms with Crippen molar-refractivity contribution in [3.63, 3.8) is 0 Å². The zero-order valence-electron chi connectivity index (χ0n) is 35.8. The maximum absolute atomic E-state index is 14.2. The molecule has 0 saturated carbocycles. The van der Waals surface area contributed by atoms with Crippen LogP contribution in [0.4, 0.5) is 13.2 Å². The van der Waals surface area contributed by atoms with E-state index in [2.05, 4.69) is 144 Å². The third-order valence-electron chi connectivity index (χ3n) is 12.8. The predicted octanol–water partition coefficient (Wildman–Crippen LogP) is 15.9. The lowest BCUT2D eigenvalue weighted by Gasteiger charge is -2.23. The first-order valence-corrected chi connectivity index (χ1v) is 21.6. The SMILES string of the molecule is Cc1ccc(-c2ccc3c(c2)c2ccccc2n3-c2cccc(C#N)c2-c2c(-c3ccc(C(F)(F)F)cc3C#N)cccc2-n2c3ccccc3c3cc(-c4ccc(C)cc4)ccc32)cc1. The van der Waals surface area contributed by atoms with E-state index in [9.17, 15) is 23.7 Å².